The van der Waals surface area contributed by atoms with Crippen LogP contribution in [0.5, 0.6) is 17.2 Å². The van der Waals surface area contributed by atoms with Crippen molar-refractivity contribution in [3.8, 4) is 23.3 Å². The van der Waals surface area contributed by atoms with E-state index in [9.17, 15) is 4.79 Å². The molecule has 0 atom stereocenters. The molecule has 5 heteroatoms. The Morgan fingerprint density at radius 3 is 2.09 bits per heavy atom. The zero-order valence-electron chi connectivity index (χ0n) is 12.5. The average Bonchev–Trinajstić information content (AvgIpc) is 2.59. The van der Waals surface area contributed by atoms with Crippen molar-refractivity contribution in [2.24, 2.45) is 0 Å². The average molecular weight is 297 g/mol. The summed E-state index contributed by atoms with van der Waals surface area (Å²) in [5, 5.41) is 9.13. The molecule has 0 N–H and O–H groups in total. The summed E-state index contributed by atoms with van der Waals surface area (Å²) < 4.78 is 15.7. The highest BCUT2D eigenvalue weighted by Gasteiger charge is 2.19. The molecular weight excluding hydrogens is 282 g/mol. The second kappa shape index (κ2) is 6.64. The van der Waals surface area contributed by atoms with Gasteiger partial charge >= 0.3 is 0 Å². The van der Waals surface area contributed by atoms with Crippen molar-refractivity contribution in [2.45, 2.75) is 0 Å². The maximum absolute atomic E-state index is 12.7. The van der Waals surface area contributed by atoms with Gasteiger partial charge in [-0.2, -0.15) is 5.26 Å². The van der Waals surface area contributed by atoms with Gasteiger partial charge in [-0.15, -0.1) is 0 Å². The van der Waals surface area contributed by atoms with Crippen LogP contribution in [0.3, 0.4) is 0 Å². The number of nitrogens with zero attached hydrogens (tertiary/aromatic N) is 1. The maximum atomic E-state index is 12.7. The normalized spacial score (nSPS) is 9.73. The topological polar surface area (TPSA) is 68.6 Å². The van der Waals surface area contributed by atoms with Gasteiger partial charge in [0.1, 0.15) is 0 Å². The predicted molar refractivity (Wildman–Crippen MR) is 80.7 cm³/mol. The minimum absolute atomic E-state index is 0.281. The predicted octanol–water partition coefficient (Wildman–Crippen LogP) is 2.82. The Morgan fingerprint density at radius 1 is 1.00 bits per heavy atom. The number of carbonyl (C=O) groups is 1. The third kappa shape index (κ3) is 2.72. The summed E-state index contributed by atoms with van der Waals surface area (Å²) in [6.07, 6.45) is 0. The van der Waals surface area contributed by atoms with Crippen molar-refractivity contribution in [3.63, 3.8) is 0 Å². The molecule has 0 amide bonds. The molecule has 0 fully saturated rings. The van der Waals surface area contributed by atoms with Crippen LogP contribution < -0.4 is 14.2 Å². The fourth-order valence-electron chi connectivity index (χ4n) is 2.15. The number of hydrogen-bond donors (Lipinski definition) is 0. The van der Waals surface area contributed by atoms with E-state index in [1.54, 1.807) is 36.4 Å². The van der Waals surface area contributed by atoms with Gasteiger partial charge in [0.15, 0.2) is 17.3 Å². The third-order valence-electron chi connectivity index (χ3n) is 3.22. The van der Waals surface area contributed by atoms with E-state index in [0.717, 1.165) is 0 Å². The number of hydrogen-bond acceptors (Lipinski definition) is 5. The Hall–Kier alpha value is -3.00. The number of benzene rings is 2. The summed E-state index contributed by atoms with van der Waals surface area (Å²) in [7, 11) is 4.45. The van der Waals surface area contributed by atoms with Gasteiger partial charge in [-0.3, -0.25) is 4.79 Å². The van der Waals surface area contributed by atoms with Crippen LogP contribution in [-0.4, -0.2) is 27.1 Å². The first-order valence-corrected chi connectivity index (χ1v) is 6.50. The van der Waals surface area contributed by atoms with Crippen molar-refractivity contribution in [1.29, 1.82) is 5.26 Å². The second-order valence-electron chi connectivity index (χ2n) is 4.40. The zero-order valence-corrected chi connectivity index (χ0v) is 12.5. The smallest absolute Gasteiger partial charge is 0.203 e. The monoisotopic (exact) mass is 297 g/mol. The van der Waals surface area contributed by atoms with Gasteiger partial charge in [-0.05, 0) is 24.3 Å². The Kier molecular flexibility index (Phi) is 4.64. The van der Waals surface area contributed by atoms with E-state index in [4.69, 9.17) is 19.5 Å². The van der Waals surface area contributed by atoms with E-state index in [0.29, 0.717) is 33.9 Å². The van der Waals surface area contributed by atoms with Crippen molar-refractivity contribution in [1.82, 2.24) is 0 Å². The SMILES string of the molecule is COc1cc(C(=O)c2ccccc2C#N)cc(OC)c1OC. The largest absolute Gasteiger partial charge is 0.493 e. The molecule has 0 aromatic heterocycles. The highest BCUT2D eigenvalue weighted by molar-refractivity contribution is 6.11. The standard InChI is InChI=1S/C17H15NO4/c1-20-14-8-12(9-15(21-2)17(14)22-3)16(19)13-7-5-4-6-11(13)10-18/h4-9H,1-3H3. The molecule has 0 saturated carbocycles. The molecule has 0 aliphatic heterocycles. The summed E-state index contributed by atoms with van der Waals surface area (Å²) in [6.45, 7) is 0. The van der Waals surface area contributed by atoms with E-state index < -0.39 is 0 Å². The van der Waals surface area contributed by atoms with E-state index in [2.05, 4.69) is 0 Å². The first-order valence-electron chi connectivity index (χ1n) is 6.50. The van der Waals surface area contributed by atoms with E-state index >= 15 is 0 Å². The molecule has 5 nitrogen and oxygen atoms in total. The van der Waals surface area contributed by atoms with Gasteiger partial charge in [0.2, 0.25) is 5.75 Å². The van der Waals surface area contributed by atoms with Crippen LogP contribution in [0.15, 0.2) is 36.4 Å². The molecule has 2 aromatic rings. The van der Waals surface area contributed by atoms with Crippen molar-refractivity contribution < 1.29 is 19.0 Å². The molecule has 0 heterocycles. The van der Waals surface area contributed by atoms with Crippen molar-refractivity contribution >= 4 is 5.78 Å². The summed E-state index contributed by atoms with van der Waals surface area (Å²) >= 11 is 0. The quantitative estimate of drug-likeness (QED) is 0.794. The van der Waals surface area contributed by atoms with Gasteiger partial charge in [-0.1, -0.05) is 12.1 Å². The lowest BCUT2D eigenvalue weighted by Crippen LogP contribution is -2.06. The summed E-state index contributed by atoms with van der Waals surface area (Å²) in [5.74, 6) is 0.908. The number of nitriles is 1. The van der Waals surface area contributed by atoms with Crippen molar-refractivity contribution in [2.75, 3.05) is 21.3 Å². The summed E-state index contributed by atoms with van der Waals surface area (Å²) in [4.78, 5) is 12.7. The molecule has 2 rings (SSSR count). The maximum Gasteiger partial charge on any atom is 0.203 e. The first kappa shape index (κ1) is 15.4. The van der Waals surface area contributed by atoms with E-state index in [1.165, 1.54) is 21.3 Å². The van der Waals surface area contributed by atoms with Gasteiger partial charge in [0, 0.05) is 11.1 Å². The fraction of sp³-hybridized carbons (Fsp3) is 0.176. The van der Waals surface area contributed by atoms with Crippen LogP contribution in [0.1, 0.15) is 21.5 Å². The molecule has 112 valence electrons. The lowest BCUT2D eigenvalue weighted by atomic mass is 9.98. The Balaban J connectivity index is 2.57. The second-order valence-corrected chi connectivity index (χ2v) is 4.40. The molecule has 0 saturated heterocycles. The minimum Gasteiger partial charge on any atom is -0.493 e. The van der Waals surface area contributed by atoms with Crippen LogP contribution in [0.25, 0.3) is 0 Å². The highest BCUT2D eigenvalue weighted by atomic mass is 16.5. The van der Waals surface area contributed by atoms with Crippen LogP contribution in [-0.2, 0) is 0 Å². The number of ether oxygens (including phenoxy) is 3. The molecule has 22 heavy (non-hydrogen) atoms. The lowest BCUT2D eigenvalue weighted by Gasteiger charge is -2.14. The van der Waals surface area contributed by atoms with Gasteiger partial charge in [0.25, 0.3) is 0 Å². The molecule has 0 radical (unpaired) electrons. The number of rotatable bonds is 5. The van der Waals surface area contributed by atoms with Crippen LogP contribution in [0.2, 0.25) is 0 Å². The number of ketones is 1. The third-order valence-corrected chi connectivity index (χ3v) is 3.22. The van der Waals surface area contributed by atoms with Gasteiger partial charge in [-0.25, -0.2) is 0 Å². The molecule has 0 aliphatic carbocycles. The summed E-state index contributed by atoms with van der Waals surface area (Å²) in [6, 6.07) is 11.8. The lowest BCUT2D eigenvalue weighted by molar-refractivity contribution is 0.103. The highest BCUT2D eigenvalue weighted by Crippen LogP contribution is 2.38. The number of carbonyl (C=O) groups excluding carboxylic acids is 1. The molecule has 0 bridgehead atoms. The van der Waals surface area contributed by atoms with Crippen LogP contribution >= 0.6 is 0 Å². The Bertz CT molecular complexity index is 722. The van der Waals surface area contributed by atoms with Gasteiger partial charge < -0.3 is 14.2 Å². The molecule has 0 aliphatic rings. The van der Waals surface area contributed by atoms with Crippen LogP contribution in [0.4, 0.5) is 0 Å². The number of methoxy groups -OCH3 is 3. The van der Waals surface area contributed by atoms with Gasteiger partial charge in [0.05, 0.1) is 33.0 Å². The molecule has 0 spiro atoms. The summed E-state index contributed by atoms with van der Waals surface area (Å²) in [5.41, 5.74) is 1.01. The first-order chi connectivity index (χ1) is 10.7. The Labute approximate surface area is 128 Å². The van der Waals surface area contributed by atoms with E-state index in [1.807, 2.05) is 6.07 Å². The molecule has 2 aromatic carbocycles. The van der Waals surface area contributed by atoms with Crippen molar-refractivity contribution in [3.05, 3.63) is 53.1 Å². The van der Waals surface area contributed by atoms with Crippen LogP contribution in [0, 0.1) is 11.3 Å². The molecule has 0 unspecified atom stereocenters. The van der Waals surface area contributed by atoms with E-state index in [-0.39, 0.29) is 5.78 Å². The fourth-order valence-corrected chi connectivity index (χ4v) is 2.15. The molecular formula is C17H15NO4. The minimum atomic E-state index is -0.281. The Morgan fingerprint density at radius 2 is 1.59 bits per heavy atom. The zero-order chi connectivity index (χ0) is 16.1.